The zero-order chi connectivity index (χ0) is 26.3. The number of hydrogen-bond acceptors (Lipinski definition) is 6. The summed E-state index contributed by atoms with van der Waals surface area (Å²) in [5.41, 5.74) is -4.05. The Hall–Kier alpha value is -2.90. The average Bonchev–Trinajstić information content (AvgIpc) is 2.76. The van der Waals surface area contributed by atoms with E-state index in [1.807, 2.05) is 0 Å². The van der Waals surface area contributed by atoms with E-state index in [1.165, 1.54) is 18.9 Å². The second-order valence-electron chi connectivity index (χ2n) is 8.53. The Morgan fingerprint density at radius 3 is 2.34 bits per heavy atom. The Bertz CT molecular complexity index is 1210. The van der Waals surface area contributed by atoms with Crippen molar-refractivity contribution < 1.29 is 32.6 Å². The fraction of sp³-hybridized carbons (Fsp3) is 0.524. The summed E-state index contributed by atoms with van der Waals surface area (Å²) in [5.74, 6) is -3.25. The highest BCUT2D eigenvalue weighted by atomic mass is 35.5. The zero-order valence-electron chi connectivity index (χ0n) is 19.1. The van der Waals surface area contributed by atoms with Crippen LogP contribution < -0.4 is 16.7 Å². The van der Waals surface area contributed by atoms with Crippen molar-refractivity contribution in [2.24, 2.45) is 18.4 Å². The van der Waals surface area contributed by atoms with Gasteiger partial charge in [-0.3, -0.25) is 24.4 Å². The van der Waals surface area contributed by atoms with Crippen LogP contribution >= 0.6 is 11.6 Å². The average molecular weight is 521 g/mol. The Morgan fingerprint density at radius 1 is 1.23 bits per heavy atom. The molecule has 35 heavy (non-hydrogen) atoms. The minimum Gasteiger partial charge on any atom is -0.481 e. The van der Waals surface area contributed by atoms with E-state index in [0.717, 1.165) is 25.3 Å². The molecule has 1 aromatic heterocycles. The molecule has 1 aromatic rings. The third kappa shape index (κ3) is 4.43. The van der Waals surface area contributed by atoms with Crippen LogP contribution in [0.5, 0.6) is 0 Å². The predicted octanol–water partition coefficient (Wildman–Crippen LogP) is 1.04. The van der Waals surface area contributed by atoms with Crippen molar-refractivity contribution in [3.63, 3.8) is 0 Å². The van der Waals surface area contributed by atoms with Gasteiger partial charge in [0.25, 0.3) is 11.5 Å². The van der Waals surface area contributed by atoms with Gasteiger partial charge in [-0.15, -0.1) is 11.6 Å². The molecule has 192 valence electrons. The van der Waals surface area contributed by atoms with Crippen molar-refractivity contribution in [1.29, 1.82) is 0 Å². The number of hydrogen-bond donors (Lipinski definition) is 2. The number of allylic oxidation sites excluding steroid dienone is 2. The van der Waals surface area contributed by atoms with Crippen LogP contribution in [0.2, 0.25) is 0 Å². The largest absolute Gasteiger partial charge is 0.481 e. The number of ether oxygens (including phenoxy) is 1. The number of rotatable bonds is 5. The van der Waals surface area contributed by atoms with Crippen molar-refractivity contribution in [3.05, 3.63) is 50.8 Å². The van der Waals surface area contributed by atoms with Crippen LogP contribution in [-0.2, 0) is 27.5 Å². The van der Waals surface area contributed by atoms with Crippen LogP contribution in [0.4, 0.5) is 13.2 Å². The number of hydrazine groups is 1. The van der Waals surface area contributed by atoms with Crippen LogP contribution in [0.1, 0.15) is 19.5 Å². The molecule has 1 fully saturated rings. The van der Waals surface area contributed by atoms with Gasteiger partial charge in [-0.05, 0) is 18.1 Å². The van der Waals surface area contributed by atoms with Crippen LogP contribution in [-0.4, -0.2) is 62.3 Å². The highest BCUT2D eigenvalue weighted by Gasteiger charge is 2.61. The lowest BCUT2D eigenvalue weighted by Crippen LogP contribution is -2.63. The van der Waals surface area contributed by atoms with E-state index in [9.17, 15) is 37.5 Å². The Labute approximate surface area is 202 Å². The molecule has 0 saturated carbocycles. The smallest absolute Gasteiger partial charge is 0.431 e. The molecule has 10 nitrogen and oxygen atoms in total. The molecule has 2 N–H and O–H groups in total. The van der Waals surface area contributed by atoms with Gasteiger partial charge >= 0.3 is 17.8 Å². The minimum absolute atomic E-state index is 0.238. The van der Waals surface area contributed by atoms with E-state index in [-0.39, 0.29) is 16.3 Å². The number of carboxylic acid groups (broad SMARTS) is 1. The number of carbonyl (C=O) groups excluding carboxylic acids is 1. The highest BCUT2D eigenvalue weighted by molar-refractivity contribution is 6.39. The Kier molecular flexibility index (Phi) is 7.08. The van der Waals surface area contributed by atoms with Crippen LogP contribution in [0.25, 0.3) is 5.70 Å². The summed E-state index contributed by atoms with van der Waals surface area (Å²) in [6.45, 7) is 4.31. The molecule has 3 rings (SSSR count). The maximum Gasteiger partial charge on any atom is 0.431 e. The summed E-state index contributed by atoms with van der Waals surface area (Å²) in [6, 6.07) is 0.238. The predicted molar refractivity (Wildman–Crippen MR) is 118 cm³/mol. The van der Waals surface area contributed by atoms with E-state index >= 15 is 0 Å². The molecule has 2 unspecified atom stereocenters. The molecule has 2 heterocycles. The van der Waals surface area contributed by atoms with E-state index in [4.69, 9.17) is 16.3 Å². The minimum atomic E-state index is -4.96. The first-order chi connectivity index (χ1) is 16.2. The van der Waals surface area contributed by atoms with E-state index < -0.39 is 51.2 Å². The van der Waals surface area contributed by atoms with E-state index in [1.54, 1.807) is 0 Å². The molecule has 1 aliphatic carbocycles. The van der Waals surface area contributed by atoms with E-state index in [2.05, 4.69) is 5.43 Å². The Morgan fingerprint density at radius 2 is 1.83 bits per heavy atom. The van der Waals surface area contributed by atoms with Crippen LogP contribution in [0.15, 0.2) is 33.9 Å². The van der Waals surface area contributed by atoms with Crippen molar-refractivity contribution >= 4 is 29.2 Å². The Balaban J connectivity index is 2.17. The van der Waals surface area contributed by atoms with Gasteiger partial charge in [0.2, 0.25) is 0 Å². The fourth-order valence-electron chi connectivity index (χ4n) is 4.21. The molecule has 1 saturated heterocycles. The molecule has 14 heteroatoms. The molecule has 0 radical (unpaired) electrons. The first-order valence-electron chi connectivity index (χ1n) is 10.6. The van der Waals surface area contributed by atoms with Crippen molar-refractivity contribution in [3.8, 4) is 0 Å². The molecule has 0 spiro atoms. The van der Waals surface area contributed by atoms with Gasteiger partial charge in [0.05, 0.1) is 18.9 Å². The maximum atomic E-state index is 13.3. The van der Waals surface area contributed by atoms with Gasteiger partial charge in [-0.25, -0.2) is 14.4 Å². The number of carboxylic acids is 1. The number of aliphatic carboxylic acids is 1. The standard InChI is InChI=1S/C21H24ClF3N4O6/c1-12(2)19(17(32)33)11-13(29-15(30)10-14(21(23,24)25)27(3)18(29)34)4-5-20(19,22)16(31)26-28-6-8-35-9-7-28/h4-5,10-12H,6-9H2,1-3H3,(H,26,31)(H,32,33). The molecule has 0 bridgehead atoms. The molecule has 0 aromatic carbocycles. The summed E-state index contributed by atoms with van der Waals surface area (Å²) in [6.07, 6.45) is -1.88. The van der Waals surface area contributed by atoms with Gasteiger partial charge in [0.1, 0.15) is 11.1 Å². The number of carbonyl (C=O) groups is 2. The highest BCUT2D eigenvalue weighted by Crippen LogP contribution is 2.50. The van der Waals surface area contributed by atoms with Gasteiger partial charge in [-0.1, -0.05) is 19.9 Å². The van der Waals surface area contributed by atoms with Crippen LogP contribution in [0.3, 0.4) is 0 Å². The van der Waals surface area contributed by atoms with Gasteiger partial charge < -0.3 is 9.84 Å². The van der Waals surface area contributed by atoms with E-state index in [0.29, 0.717) is 30.9 Å². The zero-order valence-corrected chi connectivity index (χ0v) is 19.8. The number of nitrogens with zero attached hydrogens (tertiary/aromatic N) is 3. The third-order valence-electron chi connectivity index (χ3n) is 6.20. The number of alkyl halides is 4. The molecule has 1 amide bonds. The summed E-state index contributed by atoms with van der Waals surface area (Å²) in [7, 11) is 0.836. The van der Waals surface area contributed by atoms with Gasteiger partial charge in [0, 0.05) is 26.2 Å². The second-order valence-corrected chi connectivity index (χ2v) is 9.12. The van der Waals surface area contributed by atoms with Crippen molar-refractivity contribution in [1.82, 2.24) is 19.6 Å². The monoisotopic (exact) mass is 520 g/mol. The first-order valence-corrected chi connectivity index (χ1v) is 10.9. The first kappa shape index (κ1) is 26.7. The van der Waals surface area contributed by atoms with Crippen molar-refractivity contribution in [2.75, 3.05) is 26.3 Å². The second kappa shape index (κ2) is 9.28. The van der Waals surface area contributed by atoms with Gasteiger partial charge in [0.15, 0.2) is 4.87 Å². The molecular formula is C21H24ClF3N4O6. The van der Waals surface area contributed by atoms with Gasteiger partial charge in [-0.2, -0.15) is 13.2 Å². The molecule has 2 atom stereocenters. The number of amides is 1. The topological polar surface area (TPSA) is 123 Å². The lowest BCUT2D eigenvalue weighted by Gasteiger charge is -2.44. The van der Waals surface area contributed by atoms with Crippen LogP contribution in [0, 0.1) is 11.3 Å². The molecule has 2 aliphatic rings. The summed E-state index contributed by atoms with van der Waals surface area (Å²) >= 11 is 6.70. The third-order valence-corrected chi connectivity index (χ3v) is 6.81. The lowest BCUT2D eigenvalue weighted by molar-refractivity contribution is -0.154. The number of nitrogens with one attached hydrogen (secondary N) is 1. The lowest BCUT2D eigenvalue weighted by atomic mass is 9.64. The molecule has 1 aliphatic heterocycles. The maximum absolute atomic E-state index is 13.3. The summed E-state index contributed by atoms with van der Waals surface area (Å²) in [4.78, 5) is 49.0. The summed E-state index contributed by atoms with van der Waals surface area (Å²) in [5, 5.41) is 11.8. The number of morpholine rings is 1. The quantitative estimate of drug-likeness (QED) is 0.556. The van der Waals surface area contributed by atoms with Crippen molar-refractivity contribution in [2.45, 2.75) is 24.9 Å². The molecular weight excluding hydrogens is 497 g/mol. The summed E-state index contributed by atoms with van der Waals surface area (Å²) < 4.78 is 45.5. The number of halogens is 4. The fourth-order valence-corrected chi connectivity index (χ4v) is 4.67. The SMILES string of the molecule is CC(C)C1(C(=O)O)C=C(n2c(=O)cc(C(F)(F)F)n(C)c2=O)C=CC1(Cl)C(=O)NN1CCOCC1. The normalized spacial score (nSPS) is 25.4. The number of aromatic nitrogens is 2.